The van der Waals surface area contributed by atoms with Crippen molar-refractivity contribution in [3.8, 4) is 0 Å². The van der Waals surface area contributed by atoms with Gasteiger partial charge in [-0.3, -0.25) is 0 Å². The fourth-order valence-corrected chi connectivity index (χ4v) is 5.55. The number of fused-ring (bicyclic) bond motifs is 1. The smallest absolute Gasteiger partial charge is 0.253 e. The molecule has 1 aliphatic rings. The highest BCUT2D eigenvalue weighted by molar-refractivity contribution is 7.91. The van der Waals surface area contributed by atoms with Crippen molar-refractivity contribution in [2.45, 2.75) is 36.9 Å². The molecule has 0 fully saturated rings. The Morgan fingerprint density at radius 1 is 1.50 bits per heavy atom. The first-order valence-corrected chi connectivity index (χ1v) is 9.66. The summed E-state index contributed by atoms with van der Waals surface area (Å²) in [7, 11) is -1.82. The second kappa shape index (κ2) is 7.85. The Morgan fingerprint density at radius 3 is 2.95 bits per heavy atom. The molecule has 6 nitrogen and oxygen atoms in total. The molecule has 0 saturated heterocycles. The summed E-state index contributed by atoms with van der Waals surface area (Å²) in [6.45, 7) is 5.56. The molecule has 2 atom stereocenters. The normalized spacial score (nSPS) is 22.4. The molecule has 2 rings (SSSR count). The zero-order valence-electron chi connectivity index (χ0n) is 13.1. The average molecular weight is 349 g/mol. The summed E-state index contributed by atoms with van der Waals surface area (Å²) in [5, 5.41) is 1.79. The van der Waals surface area contributed by atoms with Gasteiger partial charge in [-0.05, 0) is 31.7 Å². The van der Waals surface area contributed by atoms with Gasteiger partial charge in [-0.1, -0.05) is 0 Å². The molecule has 126 valence electrons. The van der Waals surface area contributed by atoms with Gasteiger partial charge in [0.1, 0.15) is 10.3 Å². The van der Waals surface area contributed by atoms with Crippen molar-refractivity contribution in [3.05, 3.63) is 17.0 Å². The summed E-state index contributed by atoms with van der Waals surface area (Å²) in [6, 6.07) is 1.83. The van der Waals surface area contributed by atoms with Crippen LogP contribution in [-0.4, -0.2) is 52.4 Å². The number of hydrogen-bond acceptors (Lipinski definition) is 6. The molecule has 1 aromatic rings. The largest absolute Gasteiger partial charge is 0.385 e. The minimum atomic E-state index is -3.43. The topological polar surface area (TPSA) is 65.1 Å². The number of ether oxygens (including phenoxy) is 3. The van der Waals surface area contributed by atoms with Crippen LogP contribution in [0.5, 0.6) is 0 Å². The minimum Gasteiger partial charge on any atom is -0.385 e. The molecule has 1 aromatic heterocycles. The van der Waals surface area contributed by atoms with Gasteiger partial charge in [0.15, 0.2) is 6.29 Å². The number of thiophene rings is 1. The number of hydrogen-bond donors (Lipinski definition) is 0. The van der Waals surface area contributed by atoms with E-state index in [2.05, 4.69) is 0 Å². The zero-order chi connectivity index (χ0) is 16.2. The predicted octanol–water partition coefficient (Wildman–Crippen LogP) is 2.23. The van der Waals surface area contributed by atoms with Crippen LogP contribution in [0.4, 0.5) is 0 Å². The maximum atomic E-state index is 12.6. The minimum absolute atomic E-state index is 0.297. The van der Waals surface area contributed by atoms with E-state index in [0.29, 0.717) is 36.9 Å². The molecule has 1 aliphatic heterocycles. The molecule has 0 aliphatic carbocycles. The maximum Gasteiger partial charge on any atom is 0.253 e. The number of nitrogens with zero attached hydrogens (tertiary/aromatic N) is 1. The fourth-order valence-electron chi connectivity index (χ4n) is 2.47. The third-order valence-corrected chi connectivity index (χ3v) is 6.82. The molecule has 8 heteroatoms. The van der Waals surface area contributed by atoms with Crippen LogP contribution in [0.1, 0.15) is 31.9 Å². The Kier molecular flexibility index (Phi) is 6.36. The summed E-state index contributed by atoms with van der Waals surface area (Å²) in [5.41, 5.74) is 0.736. The zero-order valence-corrected chi connectivity index (χ0v) is 14.8. The van der Waals surface area contributed by atoms with Crippen LogP contribution in [0.25, 0.3) is 0 Å². The lowest BCUT2D eigenvalue weighted by Gasteiger charge is -2.33. The third-order valence-electron chi connectivity index (χ3n) is 3.46. The van der Waals surface area contributed by atoms with Crippen molar-refractivity contribution in [2.24, 2.45) is 0 Å². The second-order valence-electron chi connectivity index (χ2n) is 5.02. The summed E-state index contributed by atoms with van der Waals surface area (Å²) < 4.78 is 43.4. The van der Waals surface area contributed by atoms with Crippen molar-refractivity contribution in [2.75, 3.05) is 33.4 Å². The summed E-state index contributed by atoms with van der Waals surface area (Å²) in [5.74, 6) is 0. The van der Waals surface area contributed by atoms with E-state index in [0.717, 1.165) is 5.56 Å². The Labute approximate surface area is 136 Å². The Balaban J connectivity index is 2.18. The van der Waals surface area contributed by atoms with Gasteiger partial charge >= 0.3 is 0 Å². The summed E-state index contributed by atoms with van der Waals surface area (Å²) in [4.78, 5) is 0. The molecule has 0 bridgehead atoms. The molecule has 0 radical (unpaired) electrons. The van der Waals surface area contributed by atoms with Gasteiger partial charge in [-0.25, -0.2) is 8.42 Å². The van der Waals surface area contributed by atoms with Gasteiger partial charge in [0.05, 0.1) is 0 Å². The Bertz CT molecular complexity index is 572. The van der Waals surface area contributed by atoms with Gasteiger partial charge < -0.3 is 14.2 Å². The van der Waals surface area contributed by atoms with Crippen LogP contribution in [-0.2, 0) is 24.2 Å². The van der Waals surface area contributed by atoms with Gasteiger partial charge in [-0.15, -0.1) is 11.3 Å². The van der Waals surface area contributed by atoms with Crippen molar-refractivity contribution in [3.63, 3.8) is 0 Å². The predicted molar refractivity (Wildman–Crippen MR) is 84.5 cm³/mol. The van der Waals surface area contributed by atoms with Crippen molar-refractivity contribution in [1.29, 1.82) is 0 Å². The first-order valence-electron chi connectivity index (χ1n) is 7.34. The monoisotopic (exact) mass is 349 g/mol. The van der Waals surface area contributed by atoms with E-state index in [9.17, 15) is 8.42 Å². The van der Waals surface area contributed by atoms with Gasteiger partial charge in [0.25, 0.3) is 10.0 Å². The van der Waals surface area contributed by atoms with E-state index in [4.69, 9.17) is 14.2 Å². The molecule has 2 heterocycles. The van der Waals surface area contributed by atoms with Gasteiger partial charge in [0, 0.05) is 39.0 Å². The first-order chi connectivity index (χ1) is 10.5. The fraction of sp³-hybridized carbons (Fsp3) is 0.714. The Morgan fingerprint density at radius 2 is 2.27 bits per heavy atom. The van der Waals surface area contributed by atoms with Crippen LogP contribution in [0, 0.1) is 0 Å². The maximum absolute atomic E-state index is 12.6. The van der Waals surface area contributed by atoms with Crippen LogP contribution in [0.3, 0.4) is 0 Å². The van der Waals surface area contributed by atoms with E-state index >= 15 is 0 Å². The van der Waals surface area contributed by atoms with Gasteiger partial charge in [-0.2, -0.15) is 4.31 Å². The van der Waals surface area contributed by atoms with Crippen molar-refractivity contribution >= 4 is 21.4 Å². The number of methoxy groups -OCH3 is 1. The number of rotatable bonds is 8. The van der Waals surface area contributed by atoms with Crippen molar-refractivity contribution < 1.29 is 22.6 Å². The molecule has 0 N–H and O–H groups in total. The average Bonchev–Trinajstić information content (AvgIpc) is 2.95. The standard InChI is InChI=1S/C14H23NO5S2/c1-4-19-11(2)20-13-10-15(7-5-8-18-3)22(16,17)14-12(13)6-9-21-14/h6,9,11,13H,4-5,7-8,10H2,1-3H3. The highest BCUT2D eigenvalue weighted by Gasteiger charge is 2.38. The van der Waals surface area contributed by atoms with E-state index in [1.807, 2.05) is 19.9 Å². The highest BCUT2D eigenvalue weighted by atomic mass is 32.2. The van der Waals surface area contributed by atoms with Crippen LogP contribution in [0.2, 0.25) is 0 Å². The lowest BCUT2D eigenvalue weighted by molar-refractivity contribution is -0.162. The SMILES string of the molecule is CCOC(C)OC1CN(CCCOC)S(=O)(=O)c2sccc21. The van der Waals surface area contributed by atoms with Crippen LogP contribution in [0.15, 0.2) is 15.7 Å². The molecule has 0 saturated carbocycles. The lowest BCUT2D eigenvalue weighted by Crippen LogP contribution is -2.41. The first kappa shape index (κ1) is 17.8. The summed E-state index contributed by atoms with van der Waals surface area (Å²) in [6.07, 6.45) is -0.0114. The second-order valence-corrected chi connectivity index (χ2v) is 8.07. The van der Waals surface area contributed by atoms with Crippen LogP contribution >= 0.6 is 11.3 Å². The molecule has 22 heavy (non-hydrogen) atoms. The van der Waals surface area contributed by atoms with Gasteiger partial charge in [0.2, 0.25) is 0 Å². The van der Waals surface area contributed by atoms with Crippen LogP contribution < -0.4 is 0 Å². The van der Waals surface area contributed by atoms with E-state index in [-0.39, 0.29) is 12.4 Å². The molecular formula is C14H23NO5S2. The van der Waals surface area contributed by atoms with E-state index < -0.39 is 10.0 Å². The summed E-state index contributed by atoms with van der Waals surface area (Å²) >= 11 is 1.24. The Hall–Kier alpha value is -0.510. The lowest BCUT2D eigenvalue weighted by atomic mass is 10.2. The molecule has 0 spiro atoms. The molecular weight excluding hydrogens is 326 g/mol. The third kappa shape index (κ3) is 3.87. The van der Waals surface area contributed by atoms with Crippen molar-refractivity contribution in [1.82, 2.24) is 4.31 Å². The van der Waals surface area contributed by atoms with E-state index in [1.165, 1.54) is 15.6 Å². The molecule has 0 amide bonds. The molecule has 0 aromatic carbocycles. The molecule has 2 unspecified atom stereocenters. The van der Waals surface area contributed by atoms with E-state index in [1.54, 1.807) is 12.5 Å². The number of sulfonamides is 1. The quantitative estimate of drug-likeness (QED) is 0.532. The highest BCUT2D eigenvalue weighted by Crippen LogP contribution is 2.38.